The fourth-order valence-corrected chi connectivity index (χ4v) is 10.6. The molecule has 0 amide bonds. The van der Waals surface area contributed by atoms with Crippen molar-refractivity contribution < 1.29 is 54.7 Å². The van der Waals surface area contributed by atoms with E-state index in [9.17, 15) is 36.0 Å². The van der Waals surface area contributed by atoms with Crippen molar-refractivity contribution in [3.05, 3.63) is 0 Å². The Kier molecular flexibility index (Phi) is 6.99. The molecule has 0 aliphatic heterocycles. The standard InChI is InChI=1S/C28H37F3O9S/c29-21(28(30,31)41(35,36)37)1-2-38-24(34)26-10-19-6-20(11-26)13-27(12-19,15-26)40-22(32)14-39-23(33)25-7-16-3-17(8-25)5-18(4-16)9-25/h16-21H,1-15H2,(H,35,36,37). The van der Waals surface area contributed by atoms with Crippen molar-refractivity contribution in [1.82, 2.24) is 0 Å². The molecule has 0 aromatic carbocycles. The van der Waals surface area contributed by atoms with Gasteiger partial charge in [0.05, 0.1) is 17.4 Å². The van der Waals surface area contributed by atoms with Gasteiger partial charge in [-0.2, -0.15) is 17.2 Å². The first-order chi connectivity index (χ1) is 19.1. The number of halogens is 3. The minimum Gasteiger partial charge on any atom is -0.465 e. The number of carbonyl (C=O) groups is 3. The Morgan fingerprint density at radius 2 is 1.29 bits per heavy atom. The molecule has 8 aliphatic rings. The Morgan fingerprint density at radius 3 is 1.83 bits per heavy atom. The molecule has 1 N–H and O–H groups in total. The predicted molar refractivity (Wildman–Crippen MR) is 134 cm³/mol. The van der Waals surface area contributed by atoms with Gasteiger partial charge in [-0.05, 0) is 100 Å². The molecule has 8 fully saturated rings. The summed E-state index contributed by atoms with van der Waals surface area (Å²) in [5.74, 6) is 0.109. The van der Waals surface area contributed by atoms with Crippen LogP contribution in [0.25, 0.3) is 0 Å². The van der Waals surface area contributed by atoms with Gasteiger partial charge in [0.2, 0.25) is 0 Å². The second-order valence-corrected chi connectivity index (χ2v) is 15.6. The van der Waals surface area contributed by atoms with Gasteiger partial charge in [-0.25, -0.2) is 9.18 Å². The van der Waals surface area contributed by atoms with Crippen LogP contribution in [0.4, 0.5) is 13.2 Å². The molecule has 0 heterocycles. The van der Waals surface area contributed by atoms with Gasteiger partial charge in [0, 0.05) is 12.8 Å². The molecule has 0 aromatic heterocycles. The molecule has 8 aliphatic carbocycles. The van der Waals surface area contributed by atoms with Crippen LogP contribution in [0.15, 0.2) is 0 Å². The van der Waals surface area contributed by atoms with E-state index < -0.39 is 69.5 Å². The zero-order chi connectivity index (χ0) is 29.4. The fraction of sp³-hybridized carbons (Fsp3) is 0.893. The molecule has 8 rings (SSSR count). The monoisotopic (exact) mass is 606 g/mol. The van der Waals surface area contributed by atoms with E-state index in [2.05, 4.69) is 0 Å². The first kappa shape index (κ1) is 29.2. The highest BCUT2D eigenvalue weighted by Gasteiger charge is 2.63. The van der Waals surface area contributed by atoms with E-state index >= 15 is 0 Å². The molecule has 3 atom stereocenters. The first-order valence-electron chi connectivity index (χ1n) is 14.7. The van der Waals surface area contributed by atoms with Gasteiger partial charge < -0.3 is 14.2 Å². The van der Waals surface area contributed by atoms with Crippen molar-refractivity contribution in [2.45, 2.75) is 100 Å². The minimum atomic E-state index is -5.96. The molecule has 0 spiro atoms. The van der Waals surface area contributed by atoms with Crippen LogP contribution in [0.3, 0.4) is 0 Å². The summed E-state index contributed by atoms with van der Waals surface area (Å²) in [6, 6.07) is 0. The maximum Gasteiger partial charge on any atom is 0.400 e. The van der Waals surface area contributed by atoms with Crippen molar-refractivity contribution in [3.8, 4) is 0 Å². The second-order valence-electron chi connectivity index (χ2n) is 14.1. The maximum atomic E-state index is 13.9. The van der Waals surface area contributed by atoms with Gasteiger partial charge in [0.25, 0.3) is 0 Å². The van der Waals surface area contributed by atoms with Crippen LogP contribution < -0.4 is 0 Å². The SMILES string of the molecule is O=C(COC(=O)C12CC3CC(CC(C3)C1)C2)OC12CC3CC(C1)CC(C(=O)OCCC(F)C(F)(F)S(=O)(=O)O)(C3)C2. The summed E-state index contributed by atoms with van der Waals surface area (Å²) in [7, 11) is -5.96. The summed E-state index contributed by atoms with van der Waals surface area (Å²) in [5.41, 5.74) is -2.46. The number of carbonyl (C=O) groups excluding carboxylic acids is 3. The van der Waals surface area contributed by atoms with Gasteiger partial charge in [-0.15, -0.1) is 0 Å². The Bertz CT molecular complexity index is 1170. The summed E-state index contributed by atoms with van der Waals surface area (Å²) in [6.07, 6.45) is 4.67. The van der Waals surface area contributed by atoms with Crippen LogP contribution in [0.2, 0.25) is 0 Å². The number of ether oxygens (including phenoxy) is 3. The van der Waals surface area contributed by atoms with Gasteiger partial charge >= 0.3 is 33.3 Å². The van der Waals surface area contributed by atoms with Crippen molar-refractivity contribution >= 4 is 28.0 Å². The molecule has 230 valence electrons. The molecule has 0 aromatic rings. The molecule has 3 unspecified atom stereocenters. The van der Waals surface area contributed by atoms with E-state index in [1.165, 1.54) is 19.3 Å². The highest BCUT2D eigenvalue weighted by atomic mass is 32.2. The van der Waals surface area contributed by atoms with Gasteiger partial charge in [-0.3, -0.25) is 14.1 Å². The molecular weight excluding hydrogens is 569 g/mol. The van der Waals surface area contributed by atoms with E-state index in [-0.39, 0.29) is 24.2 Å². The summed E-state index contributed by atoms with van der Waals surface area (Å²) >= 11 is 0. The van der Waals surface area contributed by atoms with E-state index in [1.807, 2.05) is 0 Å². The summed E-state index contributed by atoms with van der Waals surface area (Å²) in [4.78, 5) is 39.3. The van der Waals surface area contributed by atoms with Crippen molar-refractivity contribution in [3.63, 3.8) is 0 Å². The Balaban J connectivity index is 1.05. The van der Waals surface area contributed by atoms with Crippen LogP contribution >= 0.6 is 0 Å². The number of alkyl halides is 3. The number of rotatable bonds is 10. The molecule has 8 bridgehead atoms. The average molecular weight is 607 g/mol. The Labute approximate surface area is 237 Å². The fourth-order valence-electron chi connectivity index (χ4n) is 10.2. The lowest BCUT2D eigenvalue weighted by Crippen LogP contribution is -2.60. The van der Waals surface area contributed by atoms with Crippen LogP contribution in [0.1, 0.15) is 83.5 Å². The second kappa shape index (κ2) is 9.82. The minimum absolute atomic E-state index is 0.0731. The molecule has 0 radical (unpaired) electrons. The lowest BCUT2D eigenvalue weighted by molar-refractivity contribution is -0.216. The predicted octanol–water partition coefficient (Wildman–Crippen LogP) is 4.38. The van der Waals surface area contributed by atoms with Crippen molar-refractivity contribution in [1.29, 1.82) is 0 Å². The number of hydrogen-bond donors (Lipinski definition) is 1. The number of hydrogen-bond acceptors (Lipinski definition) is 8. The molecular formula is C28H37F3O9S. The van der Waals surface area contributed by atoms with E-state index in [0.29, 0.717) is 43.4 Å². The van der Waals surface area contributed by atoms with E-state index in [0.717, 1.165) is 25.7 Å². The normalized spacial score (nSPS) is 41.2. The van der Waals surface area contributed by atoms with E-state index in [4.69, 9.17) is 18.8 Å². The quantitative estimate of drug-likeness (QED) is 0.219. The third kappa shape index (κ3) is 5.16. The highest BCUT2D eigenvalue weighted by molar-refractivity contribution is 7.86. The van der Waals surface area contributed by atoms with Crippen molar-refractivity contribution in [2.24, 2.45) is 40.4 Å². The summed E-state index contributed by atoms with van der Waals surface area (Å²) < 4.78 is 87.6. The molecule has 13 heteroatoms. The van der Waals surface area contributed by atoms with Crippen LogP contribution in [0, 0.1) is 40.4 Å². The van der Waals surface area contributed by atoms with E-state index in [1.54, 1.807) is 0 Å². The molecule has 9 nitrogen and oxygen atoms in total. The summed E-state index contributed by atoms with van der Waals surface area (Å²) in [5, 5.41) is -5.02. The summed E-state index contributed by atoms with van der Waals surface area (Å²) in [6.45, 7) is -1.29. The lowest BCUT2D eigenvalue weighted by atomic mass is 9.48. The average Bonchev–Trinajstić information content (AvgIpc) is 2.84. The smallest absolute Gasteiger partial charge is 0.400 e. The molecule has 0 saturated heterocycles. The third-order valence-electron chi connectivity index (χ3n) is 10.9. The number of esters is 3. The lowest BCUT2D eigenvalue weighted by Gasteiger charge is -2.59. The van der Waals surface area contributed by atoms with Crippen molar-refractivity contribution in [2.75, 3.05) is 13.2 Å². The van der Waals surface area contributed by atoms with Gasteiger partial charge in [0.1, 0.15) is 5.60 Å². The van der Waals surface area contributed by atoms with Crippen LogP contribution in [-0.2, 0) is 38.7 Å². The first-order valence-corrected chi connectivity index (χ1v) is 16.1. The van der Waals surface area contributed by atoms with Gasteiger partial charge in [0.15, 0.2) is 12.8 Å². The topological polar surface area (TPSA) is 133 Å². The molecule has 41 heavy (non-hydrogen) atoms. The van der Waals surface area contributed by atoms with Gasteiger partial charge in [-0.1, -0.05) is 0 Å². The van der Waals surface area contributed by atoms with Crippen LogP contribution in [0.5, 0.6) is 0 Å². The third-order valence-corrected chi connectivity index (χ3v) is 11.8. The Hall–Kier alpha value is -1.89. The highest BCUT2D eigenvalue weighted by Crippen LogP contribution is 2.63. The molecule has 8 saturated carbocycles. The van der Waals surface area contributed by atoms with Crippen LogP contribution in [-0.4, -0.2) is 61.1 Å². The largest absolute Gasteiger partial charge is 0.465 e. The zero-order valence-electron chi connectivity index (χ0n) is 22.8. The Morgan fingerprint density at radius 1 is 0.805 bits per heavy atom. The zero-order valence-corrected chi connectivity index (χ0v) is 23.6. The maximum absolute atomic E-state index is 13.9.